The zero-order valence-corrected chi connectivity index (χ0v) is 14.1. The van der Waals surface area contributed by atoms with Crippen molar-refractivity contribution < 1.29 is 9.53 Å². The Morgan fingerprint density at radius 1 is 1.52 bits per heavy atom. The lowest BCUT2D eigenvalue weighted by atomic mass is 9.81. The van der Waals surface area contributed by atoms with Gasteiger partial charge < -0.3 is 10.1 Å². The Labute approximate surface area is 135 Å². The first-order valence-corrected chi connectivity index (χ1v) is 8.64. The van der Waals surface area contributed by atoms with Crippen LogP contribution in [0.2, 0.25) is 5.02 Å². The fourth-order valence-electron chi connectivity index (χ4n) is 2.83. The first kappa shape index (κ1) is 16.7. The van der Waals surface area contributed by atoms with E-state index in [4.69, 9.17) is 16.3 Å². The Hall–Kier alpha value is -0.710. The van der Waals surface area contributed by atoms with Gasteiger partial charge in [0.1, 0.15) is 5.54 Å². The third-order valence-corrected chi connectivity index (χ3v) is 5.77. The molecule has 116 valence electrons. The van der Waals surface area contributed by atoms with Gasteiger partial charge in [0, 0.05) is 10.1 Å². The van der Waals surface area contributed by atoms with E-state index in [9.17, 15) is 4.79 Å². The number of benzene rings is 1. The van der Waals surface area contributed by atoms with Gasteiger partial charge in [0.05, 0.1) is 11.6 Å². The van der Waals surface area contributed by atoms with Gasteiger partial charge in [-0.15, -0.1) is 11.8 Å². The zero-order valence-electron chi connectivity index (χ0n) is 12.5. The topological polar surface area (TPSA) is 38.3 Å². The summed E-state index contributed by atoms with van der Waals surface area (Å²) in [6.45, 7) is 2.27. The molecule has 2 unspecified atom stereocenters. The number of hydrogen-bond acceptors (Lipinski definition) is 4. The van der Waals surface area contributed by atoms with Crippen LogP contribution in [0, 0.1) is 0 Å². The summed E-state index contributed by atoms with van der Waals surface area (Å²) in [6, 6.07) is 7.87. The number of rotatable bonds is 5. The van der Waals surface area contributed by atoms with Crippen LogP contribution in [-0.4, -0.2) is 30.4 Å². The molecule has 0 amide bonds. The predicted molar refractivity (Wildman–Crippen MR) is 88.0 cm³/mol. The summed E-state index contributed by atoms with van der Waals surface area (Å²) in [5, 5.41) is 4.36. The number of halogens is 1. The summed E-state index contributed by atoms with van der Waals surface area (Å²) < 4.78 is 5.26. The minimum absolute atomic E-state index is 0.128. The molecule has 0 radical (unpaired) electrons. The van der Waals surface area contributed by atoms with Gasteiger partial charge in [-0.1, -0.05) is 23.7 Å². The minimum Gasteiger partial charge on any atom is -0.465 e. The summed E-state index contributed by atoms with van der Waals surface area (Å²) >= 11 is 8.00. The second kappa shape index (κ2) is 7.52. The van der Waals surface area contributed by atoms with Gasteiger partial charge in [-0.3, -0.25) is 4.79 Å². The van der Waals surface area contributed by atoms with E-state index < -0.39 is 5.54 Å². The number of likely N-dealkylation sites (N-methyl/N-ethyl adjacent to an activating group) is 1. The number of thioether (sulfide) groups is 1. The number of carbonyl (C=O) groups excluding carboxylic acids is 1. The van der Waals surface area contributed by atoms with Gasteiger partial charge in [-0.05, 0) is 51.8 Å². The molecule has 1 aliphatic carbocycles. The van der Waals surface area contributed by atoms with E-state index in [2.05, 4.69) is 5.32 Å². The molecule has 1 fully saturated rings. The van der Waals surface area contributed by atoms with Crippen molar-refractivity contribution in [3.8, 4) is 0 Å². The maximum Gasteiger partial charge on any atom is 0.326 e. The zero-order chi connectivity index (χ0) is 15.3. The van der Waals surface area contributed by atoms with Crippen LogP contribution in [0.25, 0.3) is 0 Å². The van der Waals surface area contributed by atoms with Crippen LogP contribution in [0.5, 0.6) is 0 Å². The molecular formula is C16H22ClNO2S. The largest absolute Gasteiger partial charge is 0.465 e. The molecule has 0 heterocycles. The predicted octanol–water partition coefficient (Wildman–Crippen LogP) is 3.90. The molecule has 21 heavy (non-hydrogen) atoms. The van der Waals surface area contributed by atoms with Crippen LogP contribution < -0.4 is 5.32 Å². The monoisotopic (exact) mass is 327 g/mol. The smallest absolute Gasteiger partial charge is 0.326 e. The molecular weight excluding hydrogens is 306 g/mol. The second-order valence-electron chi connectivity index (χ2n) is 5.32. The van der Waals surface area contributed by atoms with Crippen molar-refractivity contribution in [2.24, 2.45) is 0 Å². The second-order valence-corrected chi connectivity index (χ2v) is 7.07. The summed E-state index contributed by atoms with van der Waals surface area (Å²) in [5.41, 5.74) is -0.548. The standard InChI is InChI=1S/C16H22ClNO2S/c1-3-20-15(19)16(18-2)10-6-7-12(11-16)21-14-9-5-4-8-13(14)17/h4-5,8-9,12,18H,3,6-7,10-11H2,1-2H3. The van der Waals surface area contributed by atoms with Crippen LogP contribution in [0.15, 0.2) is 29.2 Å². The molecule has 1 aromatic rings. The van der Waals surface area contributed by atoms with Crippen molar-refractivity contribution in [1.82, 2.24) is 5.32 Å². The van der Waals surface area contributed by atoms with Crippen molar-refractivity contribution in [2.75, 3.05) is 13.7 Å². The van der Waals surface area contributed by atoms with Crippen molar-refractivity contribution in [2.45, 2.75) is 48.3 Å². The molecule has 1 N–H and O–H groups in total. The fourth-order valence-corrected chi connectivity index (χ4v) is 4.45. The fraction of sp³-hybridized carbons (Fsp3) is 0.562. The average Bonchev–Trinajstić information content (AvgIpc) is 2.50. The Morgan fingerprint density at radius 2 is 2.29 bits per heavy atom. The van der Waals surface area contributed by atoms with Gasteiger partial charge >= 0.3 is 5.97 Å². The van der Waals surface area contributed by atoms with Crippen LogP contribution in [-0.2, 0) is 9.53 Å². The first-order valence-electron chi connectivity index (χ1n) is 7.38. The summed E-state index contributed by atoms with van der Waals surface area (Å²) in [6.07, 6.45) is 3.72. The molecule has 5 heteroatoms. The van der Waals surface area contributed by atoms with Gasteiger partial charge in [0.2, 0.25) is 0 Å². The highest BCUT2D eigenvalue weighted by Crippen LogP contribution is 2.40. The Balaban J connectivity index is 2.09. The molecule has 2 rings (SSSR count). The third kappa shape index (κ3) is 3.93. The molecule has 0 aliphatic heterocycles. The van der Waals surface area contributed by atoms with Crippen LogP contribution in [0.3, 0.4) is 0 Å². The Kier molecular flexibility index (Phi) is 5.97. The highest BCUT2D eigenvalue weighted by Gasteiger charge is 2.43. The number of ether oxygens (including phenoxy) is 1. The molecule has 1 aromatic carbocycles. The lowest BCUT2D eigenvalue weighted by Crippen LogP contribution is -2.54. The highest BCUT2D eigenvalue weighted by molar-refractivity contribution is 8.00. The van der Waals surface area contributed by atoms with E-state index in [0.717, 1.165) is 35.6 Å². The molecule has 0 saturated heterocycles. The molecule has 2 atom stereocenters. The van der Waals surface area contributed by atoms with Crippen LogP contribution in [0.4, 0.5) is 0 Å². The molecule has 0 bridgehead atoms. The third-order valence-electron chi connectivity index (χ3n) is 3.98. The molecule has 0 aromatic heterocycles. The lowest BCUT2D eigenvalue weighted by molar-refractivity contribution is -0.152. The number of esters is 1. The molecule has 3 nitrogen and oxygen atoms in total. The summed E-state index contributed by atoms with van der Waals surface area (Å²) in [4.78, 5) is 13.4. The quantitative estimate of drug-likeness (QED) is 0.832. The van der Waals surface area contributed by atoms with E-state index in [1.165, 1.54) is 0 Å². The SMILES string of the molecule is CCOC(=O)C1(NC)CCCC(Sc2ccccc2Cl)C1. The first-order chi connectivity index (χ1) is 10.1. The summed E-state index contributed by atoms with van der Waals surface area (Å²) in [7, 11) is 1.85. The van der Waals surface area contributed by atoms with E-state index in [-0.39, 0.29) is 5.97 Å². The summed E-state index contributed by atoms with van der Waals surface area (Å²) in [5.74, 6) is -0.128. The van der Waals surface area contributed by atoms with E-state index in [0.29, 0.717) is 11.9 Å². The average molecular weight is 328 g/mol. The minimum atomic E-state index is -0.548. The normalized spacial score (nSPS) is 25.6. The van der Waals surface area contributed by atoms with Crippen molar-refractivity contribution in [3.63, 3.8) is 0 Å². The maximum atomic E-state index is 12.3. The highest BCUT2D eigenvalue weighted by atomic mass is 35.5. The van der Waals surface area contributed by atoms with E-state index in [1.807, 2.05) is 38.2 Å². The molecule has 1 aliphatic rings. The van der Waals surface area contributed by atoms with E-state index in [1.54, 1.807) is 11.8 Å². The van der Waals surface area contributed by atoms with Crippen molar-refractivity contribution in [1.29, 1.82) is 0 Å². The Bertz CT molecular complexity index is 497. The van der Waals surface area contributed by atoms with Gasteiger partial charge in [-0.25, -0.2) is 0 Å². The van der Waals surface area contributed by atoms with Crippen LogP contribution >= 0.6 is 23.4 Å². The van der Waals surface area contributed by atoms with Gasteiger partial charge in [-0.2, -0.15) is 0 Å². The maximum absolute atomic E-state index is 12.3. The van der Waals surface area contributed by atoms with E-state index >= 15 is 0 Å². The molecule has 0 spiro atoms. The Morgan fingerprint density at radius 3 is 2.95 bits per heavy atom. The van der Waals surface area contributed by atoms with Gasteiger partial charge in [0.15, 0.2) is 0 Å². The van der Waals surface area contributed by atoms with Crippen molar-refractivity contribution in [3.05, 3.63) is 29.3 Å². The molecule has 1 saturated carbocycles. The number of hydrogen-bond donors (Lipinski definition) is 1. The lowest BCUT2D eigenvalue weighted by Gasteiger charge is -2.38. The number of nitrogens with one attached hydrogen (secondary N) is 1. The van der Waals surface area contributed by atoms with Crippen molar-refractivity contribution >= 4 is 29.3 Å². The van der Waals surface area contributed by atoms with Gasteiger partial charge in [0.25, 0.3) is 0 Å². The number of carbonyl (C=O) groups is 1. The van der Waals surface area contributed by atoms with Crippen LogP contribution in [0.1, 0.15) is 32.6 Å².